The van der Waals surface area contributed by atoms with Gasteiger partial charge in [-0.2, -0.15) is 5.10 Å². The molecule has 2 rings (SSSR count). The van der Waals surface area contributed by atoms with Crippen LogP contribution in [0.25, 0.3) is 0 Å². The van der Waals surface area contributed by atoms with Crippen molar-refractivity contribution in [2.75, 3.05) is 18.5 Å². The van der Waals surface area contributed by atoms with Gasteiger partial charge in [0.1, 0.15) is 6.61 Å². The number of aryl methyl sites for hydroxylation is 1. The quantitative estimate of drug-likeness (QED) is 0.809. The molecule has 0 bridgehead atoms. The number of aromatic nitrogens is 2. The normalized spacial score (nSPS) is 10.7. The summed E-state index contributed by atoms with van der Waals surface area (Å²) < 4.78 is 7.55. The predicted octanol–water partition coefficient (Wildman–Crippen LogP) is 3.26. The largest absolute Gasteiger partial charge is 0.488 e. The van der Waals surface area contributed by atoms with Crippen molar-refractivity contribution in [2.45, 2.75) is 26.8 Å². The average molecular weight is 259 g/mol. The van der Waals surface area contributed by atoms with Crippen molar-refractivity contribution in [2.24, 2.45) is 0 Å². The molecule has 0 atom stereocenters. The van der Waals surface area contributed by atoms with Crippen LogP contribution in [0, 0.1) is 6.92 Å². The van der Waals surface area contributed by atoms with Crippen LogP contribution in [0.2, 0.25) is 0 Å². The highest BCUT2D eigenvalue weighted by atomic mass is 16.5. The fourth-order valence-corrected chi connectivity index (χ4v) is 1.80. The van der Waals surface area contributed by atoms with Gasteiger partial charge in [-0.05, 0) is 32.4 Å². The highest BCUT2D eigenvalue weighted by molar-refractivity contribution is 5.50. The van der Waals surface area contributed by atoms with E-state index in [-0.39, 0.29) is 0 Å². The fraction of sp³-hybridized carbons (Fsp3) is 0.400. The zero-order valence-corrected chi connectivity index (χ0v) is 11.8. The Morgan fingerprint density at radius 3 is 2.79 bits per heavy atom. The summed E-state index contributed by atoms with van der Waals surface area (Å²) >= 11 is 0. The summed E-state index contributed by atoms with van der Waals surface area (Å²) in [4.78, 5) is 0. The smallest absolute Gasteiger partial charge is 0.157 e. The minimum atomic E-state index is 0.363. The standard InChI is InChI=1S/C15H21N3O/c1-12(2)18-11-14(10-17-18)19-9-8-16-15-7-5-4-6-13(15)3/h4-7,10-12,16H,8-9H2,1-3H3. The van der Waals surface area contributed by atoms with Crippen LogP contribution in [0.3, 0.4) is 0 Å². The second-order valence-corrected chi connectivity index (χ2v) is 4.84. The molecule has 102 valence electrons. The Labute approximate surface area is 114 Å². The lowest BCUT2D eigenvalue weighted by Gasteiger charge is -2.09. The number of benzene rings is 1. The van der Waals surface area contributed by atoms with Gasteiger partial charge >= 0.3 is 0 Å². The first-order valence-corrected chi connectivity index (χ1v) is 6.63. The third-order valence-corrected chi connectivity index (χ3v) is 2.94. The van der Waals surface area contributed by atoms with Crippen molar-refractivity contribution in [3.63, 3.8) is 0 Å². The summed E-state index contributed by atoms with van der Waals surface area (Å²) in [6, 6.07) is 8.60. The van der Waals surface area contributed by atoms with Crippen LogP contribution >= 0.6 is 0 Å². The number of ether oxygens (including phenoxy) is 1. The SMILES string of the molecule is Cc1ccccc1NCCOc1cnn(C(C)C)c1. The van der Waals surface area contributed by atoms with E-state index in [1.165, 1.54) is 5.56 Å². The van der Waals surface area contributed by atoms with Gasteiger partial charge in [-0.1, -0.05) is 18.2 Å². The third-order valence-electron chi connectivity index (χ3n) is 2.94. The van der Waals surface area contributed by atoms with E-state index >= 15 is 0 Å². The number of hydrogen-bond acceptors (Lipinski definition) is 3. The number of nitrogens with one attached hydrogen (secondary N) is 1. The molecule has 1 aromatic heterocycles. The number of para-hydroxylation sites is 1. The second kappa shape index (κ2) is 6.27. The molecule has 1 N–H and O–H groups in total. The molecule has 4 nitrogen and oxygen atoms in total. The zero-order valence-electron chi connectivity index (χ0n) is 11.8. The van der Waals surface area contributed by atoms with Crippen LogP contribution in [-0.4, -0.2) is 22.9 Å². The molecule has 19 heavy (non-hydrogen) atoms. The van der Waals surface area contributed by atoms with Gasteiger partial charge in [-0.3, -0.25) is 4.68 Å². The lowest BCUT2D eigenvalue weighted by atomic mass is 10.2. The molecule has 1 aromatic carbocycles. The Kier molecular flexibility index (Phi) is 4.44. The maximum Gasteiger partial charge on any atom is 0.157 e. The summed E-state index contributed by atoms with van der Waals surface area (Å²) in [6.45, 7) is 7.68. The topological polar surface area (TPSA) is 39.1 Å². The van der Waals surface area contributed by atoms with Crippen LogP contribution in [0.5, 0.6) is 5.75 Å². The Balaban J connectivity index is 1.76. The van der Waals surface area contributed by atoms with Crippen LogP contribution in [0.4, 0.5) is 5.69 Å². The molecule has 0 spiro atoms. The minimum absolute atomic E-state index is 0.363. The van der Waals surface area contributed by atoms with E-state index in [1.54, 1.807) is 6.20 Å². The molecule has 0 saturated heterocycles. The molecular weight excluding hydrogens is 238 g/mol. The summed E-state index contributed by atoms with van der Waals surface area (Å²) in [7, 11) is 0. The van der Waals surface area contributed by atoms with Crippen molar-refractivity contribution in [1.29, 1.82) is 0 Å². The van der Waals surface area contributed by atoms with Gasteiger partial charge in [0.15, 0.2) is 5.75 Å². The molecule has 0 radical (unpaired) electrons. The van der Waals surface area contributed by atoms with Gasteiger partial charge in [0.25, 0.3) is 0 Å². The number of hydrogen-bond donors (Lipinski definition) is 1. The molecule has 0 saturated carbocycles. The van der Waals surface area contributed by atoms with Crippen molar-refractivity contribution >= 4 is 5.69 Å². The molecule has 4 heteroatoms. The number of rotatable bonds is 6. The minimum Gasteiger partial charge on any atom is -0.488 e. The lowest BCUT2D eigenvalue weighted by molar-refractivity contribution is 0.332. The Bertz CT molecular complexity index is 520. The average Bonchev–Trinajstić information content (AvgIpc) is 2.85. The van der Waals surface area contributed by atoms with Crippen molar-refractivity contribution in [3.05, 3.63) is 42.2 Å². The van der Waals surface area contributed by atoms with E-state index in [0.717, 1.165) is 18.0 Å². The van der Waals surface area contributed by atoms with E-state index < -0.39 is 0 Å². The maximum absolute atomic E-state index is 5.65. The molecule has 0 fully saturated rings. The fourth-order valence-electron chi connectivity index (χ4n) is 1.80. The highest BCUT2D eigenvalue weighted by Crippen LogP contribution is 2.14. The van der Waals surface area contributed by atoms with Crippen LogP contribution in [-0.2, 0) is 0 Å². The Morgan fingerprint density at radius 2 is 2.11 bits per heavy atom. The molecule has 0 amide bonds. The third kappa shape index (κ3) is 3.74. The molecule has 1 heterocycles. The van der Waals surface area contributed by atoms with E-state index in [4.69, 9.17) is 4.74 Å². The molecule has 0 aliphatic carbocycles. The highest BCUT2D eigenvalue weighted by Gasteiger charge is 2.02. The first-order valence-electron chi connectivity index (χ1n) is 6.63. The van der Waals surface area contributed by atoms with E-state index in [0.29, 0.717) is 12.6 Å². The van der Waals surface area contributed by atoms with Crippen molar-refractivity contribution in [1.82, 2.24) is 9.78 Å². The molecule has 0 aliphatic heterocycles. The number of anilines is 1. The summed E-state index contributed by atoms with van der Waals surface area (Å²) in [5.74, 6) is 0.820. The van der Waals surface area contributed by atoms with Gasteiger partial charge in [0, 0.05) is 18.3 Å². The Hall–Kier alpha value is -1.97. The van der Waals surface area contributed by atoms with E-state index in [2.05, 4.69) is 43.3 Å². The first kappa shape index (κ1) is 13.5. The van der Waals surface area contributed by atoms with Crippen LogP contribution in [0.1, 0.15) is 25.5 Å². The van der Waals surface area contributed by atoms with E-state index in [9.17, 15) is 0 Å². The number of nitrogens with zero attached hydrogens (tertiary/aromatic N) is 2. The van der Waals surface area contributed by atoms with Crippen LogP contribution < -0.4 is 10.1 Å². The summed E-state index contributed by atoms with van der Waals surface area (Å²) in [5, 5.41) is 7.60. The van der Waals surface area contributed by atoms with Crippen LogP contribution in [0.15, 0.2) is 36.7 Å². The zero-order chi connectivity index (χ0) is 13.7. The Morgan fingerprint density at radius 1 is 1.32 bits per heavy atom. The predicted molar refractivity (Wildman–Crippen MR) is 77.8 cm³/mol. The first-order chi connectivity index (χ1) is 9.16. The van der Waals surface area contributed by atoms with Gasteiger partial charge < -0.3 is 10.1 Å². The molecular formula is C15H21N3O. The summed E-state index contributed by atoms with van der Waals surface area (Å²) in [5.41, 5.74) is 2.40. The van der Waals surface area contributed by atoms with Crippen molar-refractivity contribution in [3.8, 4) is 5.75 Å². The molecule has 0 aliphatic rings. The van der Waals surface area contributed by atoms with Gasteiger partial charge in [-0.15, -0.1) is 0 Å². The second-order valence-electron chi connectivity index (χ2n) is 4.84. The summed E-state index contributed by atoms with van der Waals surface area (Å²) in [6.07, 6.45) is 3.69. The monoisotopic (exact) mass is 259 g/mol. The molecule has 0 unspecified atom stereocenters. The van der Waals surface area contributed by atoms with Crippen molar-refractivity contribution < 1.29 is 4.74 Å². The molecule has 2 aromatic rings. The lowest BCUT2D eigenvalue weighted by Crippen LogP contribution is -2.11. The van der Waals surface area contributed by atoms with Gasteiger partial charge in [0.05, 0.1) is 12.4 Å². The maximum atomic E-state index is 5.65. The van der Waals surface area contributed by atoms with Gasteiger partial charge in [-0.25, -0.2) is 0 Å². The van der Waals surface area contributed by atoms with E-state index in [1.807, 2.05) is 23.0 Å². The van der Waals surface area contributed by atoms with Gasteiger partial charge in [0.2, 0.25) is 0 Å².